The van der Waals surface area contributed by atoms with E-state index in [9.17, 15) is 8.42 Å². The molecule has 1 aromatic rings. The molecule has 0 radical (unpaired) electrons. The number of thiophene rings is 1. The zero-order valence-electron chi connectivity index (χ0n) is 11.6. The lowest BCUT2D eigenvalue weighted by Crippen LogP contribution is -2.56. The van der Waals surface area contributed by atoms with Crippen LogP contribution >= 0.6 is 23.7 Å². The van der Waals surface area contributed by atoms with Crippen molar-refractivity contribution in [3.05, 3.63) is 15.8 Å². The number of hydrogen-bond acceptors (Lipinski definition) is 4. The van der Waals surface area contributed by atoms with Crippen molar-refractivity contribution in [1.82, 2.24) is 9.62 Å². The van der Waals surface area contributed by atoms with Gasteiger partial charge in [0.25, 0.3) is 0 Å². The molecule has 0 spiro atoms. The molecule has 0 aromatic carbocycles. The van der Waals surface area contributed by atoms with E-state index in [2.05, 4.69) is 5.32 Å². The van der Waals surface area contributed by atoms with Crippen molar-refractivity contribution in [2.75, 3.05) is 13.1 Å². The SMILES string of the molecule is Cc1cc(S(=O)(=O)N2CC(C)NCC2C)c(C)s1.Cl. The lowest BCUT2D eigenvalue weighted by molar-refractivity contribution is 0.244. The fraction of sp³-hybridized carbons (Fsp3) is 0.667. The highest BCUT2D eigenvalue weighted by molar-refractivity contribution is 7.89. The minimum Gasteiger partial charge on any atom is -0.311 e. The fourth-order valence-electron chi connectivity index (χ4n) is 2.31. The Morgan fingerprint density at radius 1 is 1.37 bits per heavy atom. The highest BCUT2D eigenvalue weighted by atomic mass is 35.5. The van der Waals surface area contributed by atoms with E-state index in [0.717, 1.165) is 9.75 Å². The third-order valence-corrected chi connectivity index (χ3v) is 6.49. The Morgan fingerprint density at radius 2 is 2.00 bits per heavy atom. The van der Waals surface area contributed by atoms with Gasteiger partial charge in [-0.15, -0.1) is 23.7 Å². The van der Waals surface area contributed by atoms with E-state index in [1.165, 1.54) is 0 Å². The molecule has 1 N–H and O–H groups in total. The second-order valence-corrected chi connectivity index (χ2v) is 8.33. The number of halogens is 1. The zero-order chi connectivity index (χ0) is 13.5. The summed E-state index contributed by atoms with van der Waals surface area (Å²) in [5.74, 6) is 0. The molecule has 1 fully saturated rings. The molecular weight excluding hydrogens is 304 g/mol. The molecule has 2 heterocycles. The Labute approximate surface area is 125 Å². The molecule has 0 aliphatic carbocycles. The van der Waals surface area contributed by atoms with Gasteiger partial charge in [0, 0.05) is 34.9 Å². The first-order valence-corrected chi connectivity index (χ1v) is 8.40. The molecule has 110 valence electrons. The maximum Gasteiger partial charge on any atom is 0.244 e. The van der Waals surface area contributed by atoms with Crippen LogP contribution in [0.5, 0.6) is 0 Å². The van der Waals surface area contributed by atoms with Gasteiger partial charge in [-0.25, -0.2) is 8.42 Å². The molecule has 1 aromatic heterocycles. The van der Waals surface area contributed by atoms with Gasteiger partial charge in [-0.1, -0.05) is 0 Å². The van der Waals surface area contributed by atoms with Crippen molar-refractivity contribution in [1.29, 1.82) is 0 Å². The summed E-state index contributed by atoms with van der Waals surface area (Å²) in [6.45, 7) is 9.03. The first-order valence-electron chi connectivity index (χ1n) is 6.14. The van der Waals surface area contributed by atoms with Gasteiger partial charge in [-0.05, 0) is 33.8 Å². The number of sulfonamides is 1. The maximum absolute atomic E-state index is 12.7. The smallest absolute Gasteiger partial charge is 0.244 e. The van der Waals surface area contributed by atoms with E-state index in [1.54, 1.807) is 21.7 Å². The fourth-order valence-corrected chi connectivity index (χ4v) is 5.56. The van der Waals surface area contributed by atoms with Crippen molar-refractivity contribution < 1.29 is 8.42 Å². The summed E-state index contributed by atoms with van der Waals surface area (Å²) in [5.41, 5.74) is 0. The van der Waals surface area contributed by atoms with E-state index in [1.807, 2.05) is 27.7 Å². The van der Waals surface area contributed by atoms with Crippen LogP contribution in [0.1, 0.15) is 23.6 Å². The first kappa shape index (κ1) is 16.9. The number of nitrogens with one attached hydrogen (secondary N) is 1. The van der Waals surface area contributed by atoms with Crippen molar-refractivity contribution in [2.24, 2.45) is 0 Å². The predicted octanol–water partition coefficient (Wildman–Crippen LogP) is 2.16. The number of piperazine rings is 1. The summed E-state index contributed by atoms with van der Waals surface area (Å²) in [6, 6.07) is 2.00. The van der Waals surface area contributed by atoms with Gasteiger partial charge in [0.15, 0.2) is 0 Å². The molecule has 4 nitrogen and oxygen atoms in total. The highest BCUT2D eigenvalue weighted by Crippen LogP contribution is 2.29. The van der Waals surface area contributed by atoms with E-state index in [0.29, 0.717) is 18.0 Å². The number of aryl methyl sites for hydroxylation is 2. The Kier molecular flexibility index (Phi) is 5.43. The predicted molar refractivity (Wildman–Crippen MR) is 81.9 cm³/mol. The van der Waals surface area contributed by atoms with Crippen LogP contribution in [0.3, 0.4) is 0 Å². The first-order chi connectivity index (χ1) is 8.32. The summed E-state index contributed by atoms with van der Waals surface area (Å²) >= 11 is 1.54. The molecule has 7 heteroatoms. The van der Waals surface area contributed by atoms with Crippen LogP contribution in [0.2, 0.25) is 0 Å². The van der Waals surface area contributed by atoms with Gasteiger partial charge in [0.2, 0.25) is 10.0 Å². The molecule has 1 aliphatic heterocycles. The van der Waals surface area contributed by atoms with Crippen LogP contribution in [0.4, 0.5) is 0 Å². The minimum absolute atomic E-state index is 0. The van der Waals surface area contributed by atoms with E-state index >= 15 is 0 Å². The molecule has 2 atom stereocenters. The summed E-state index contributed by atoms with van der Waals surface area (Å²) in [7, 11) is -3.35. The second kappa shape index (κ2) is 6.10. The van der Waals surface area contributed by atoms with E-state index in [-0.39, 0.29) is 24.5 Å². The minimum atomic E-state index is -3.35. The van der Waals surface area contributed by atoms with Crippen LogP contribution in [-0.2, 0) is 10.0 Å². The van der Waals surface area contributed by atoms with Gasteiger partial charge >= 0.3 is 0 Å². The number of nitrogens with zero attached hydrogens (tertiary/aromatic N) is 1. The largest absolute Gasteiger partial charge is 0.311 e. The second-order valence-electron chi connectivity index (χ2n) is 5.01. The number of hydrogen-bond donors (Lipinski definition) is 1. The summed E-state index contributed by atoms with van der Waals surface area (Å²) < 4.78 is 27.0. The van der Waals surface area contributed by atoms with Crippen LogP contribution in [-0.4, -0.2) is 37.9 Å². The lowest BCUT2D eigenvalue weighted by atomic mass is 10.2. The lowest BCUT2D eigenvalue weighted by Gasteiger charge is -2.36. The summed E-state index contributed by atoms with van der Waals surface area (Å²) in [5, 5.41) is 3.30. The zero-order valence-corrected chi connectivity index (χ0v) is 14.1. The van der Waals surface area contributed by atoms with Crippen LogP contribution in [0.15, 0.2) is 11.0 Å². The quantitative estimate of drug-likeness (QED) is 0.907. The normalized spacial score (nSPS) is 25.1. The standard InChI is InChI=1S/C12H20N2O2S2.ClH/c1-8-7-14(9(2)6-13-8)18(15,16)12-5-10(3)17-11(12)4;/h5,8-9,13H,6-7H2,1-4H3;1H. The van der Waals surface area contributed by atoms with Gasteiger partial charge in [0.05, 0.1) is 4.90 Å². The van der Waals surface area contributed by atoms with Gasteiger partial charge < -0.3 is 5.32 Å². The van der Waals surface area contributed by atoms with E-state index < -0.39 is 10.0 Å². The molecule has 0 amide bonds. The average molecular weight is 325 g/mol. The van der Waals surface area contributed by atoms with Crippen molar-refractivity contribution >= 4 is 33.8 Å². The van der Waals surface area contributed by atoms with Gasteiger partial charge in [0.1, 0.15) is 0 Å². The topological polar surface area (TPSA) is 49.4 Å². The van der Waals surface area contributed by atoms with Crippen LogP contribution in [0.25, 0.3) is 0 Å². The molecular formula is C12H21ClN2O2S2. The van der Waals surface area contributed by atoms with Gasteiger partial charge in [-0.3, -0.25) is 0 Å². The van der Waals surface area contributed by atoms with Gasteiger partial charge in [-0.2, -0.15) is 4.31 Å². The Hall–Kier alpha value is -0.140. The Balaban J connectivity index is 0.00000180. The summed E-state index contributed by atoms with van der Waals surface area (Å²) in [6.07, 6.45) is 0. The monoisotopic (exact) mass is 324 g/mol. The molecule has 1 saturated heterocycles. The molecule has 2 rings (SSSR count). The third-order valence-electron chi connectivity index (χ3n) is 3.29. The molecule has 0 bridgehead atoms. The average Bonchev–Trinajstić information content (AvgIpc) is 2.62. The maximum atomic E-state index is 12.7. The van der Waals surface area contributed by atoms with E-state index in [4.69, 9.17) is 0 Å². The molecule has 1 aliphatic rings. The summed E-state index contributed by atoms with van der Waals surface area (Å²) in [4.78, 5) is 2.40. The Bertz CT molecular complexity index is 542. The van der Waals surface area contributed by atoms with Crippen LogP contribution < -0.4 is 5.32 Å². The Morgan fingerprint density at radius 3 is 2.53 bits per heavy atom. The molecule has 0 saturated carbocycles. The van der Waals surface area contributed by atoms with Crippen molar-refractivity contribution in [3.63, 3.8) is 0 Å². The van der Waals surface area contributed by atoms with Crippen molar-refractivity contribution in [3.8, 4) is 0 Å². The molecule has 19 heavy (non-hydrogen) atoms. The molecule has 2 unspecified atom stereocenters. The third kappa shape index (κ3) is 3.31. The van der Waals surface area contributed by atoms with Crippen molar-refractivity contribution in [2.45, 2.75) is 44.7 Å². The highest BCUT2D eigenvalue weighted by Gasteiger charge is 2.34. The van der Waals surface area contributed by atoms with Crippen LogP contribution in [0, 0.1) is 13.8 Å². The number of rotatable bonds is 2.